The maximum Gasteiger partial charge on any atom is 0.153 e. The first-order chi connectivity index (χ1) is 9.78. The number of aryl methyl sites for hydroxylation is 1. The topological polar surface area (TPSA) is 21.3 Å². The average molecular weight is 273 g/mol. The molecule has 3 atom stereocenters. The van der Waals surface area contributed by atoms with Crippen LogP contribution in [0.2, 0.25) is 0 Å². The summed E-state index contributed by atoms with van der Waals surface area (Å²) in [4.78, 5) is 0. The highest BCUT2D eigenvalue weighted by Gasteiger charge is 2.37. The zero-order chi connectivity index (χ0) is 13.9. The Morgan fingerprint density at radius 1 is 1.30 bits per heavy atom. The second-order valence-electron chi connectivity index (χ2n) is 6.52. The second-order valence-corrected chi connectivity index (χ2v) is 6.52. The molecular weight excluding hydrogens is 246 g/mol. The molecule has 0 saturated carbocycles. The predicted octanol–water partition coefficient (Wildman–Crippen LogP) is 4.06. The number of fused-ring (bicyclic) bond motifs is 2. The lowest BCUT2D eigenvalue weighted by Gasteiger charge is -2.42. The number of unbranched alkanes of at least 4 members (excludes halogenated alkanes) is 2. The Hall–Kier alpha value is -1.02. The minimum Gasteiger partial charge on any atom is -0.475 e. The highest BCUT2D eigenvalue weighted by atomic mass is 16.5. The molecule has 110 valence electrons. The van der Waals surface area contributed by atoms with Gasteiger partial charge in [-0.3, -0.25) is 5.32 Å². The van der Waals surface area contributed by atoms with Crippen molar-refractivity contribution in [1.29, 1.82) is 0 Å². The molecule has 0 radical (unpaired) electrons. The standard InChI is InChI=1S/C18H27NO/c1-3-4-5-6-14-9-10-19-18-16(14)12-15-11-13(2)7-8-17(15)20-18/h7-8,11,14,16,18-19H,3-6,9-10,12H2,1-2H3. The van der Waals surface area contributed by atoms with Crippen LogP contribution in [0.5, 0.6) is 5.75 Å². The van der Waals surface area contributed by atoms with E-state index in [1.54, 1.807) is 0 Å². The van der Waals surface area contributed by atoms with Gasteiger partial charge in [-0.25, -0.2) is 0 Å². The first kappa shape index (κ1) is 13.9. The fourth-order valence-electron chi connectivity index (χ4n) is 3.81. The maximum absolute atomic E-state index is 6.22. The summed E-state index contributed by atoms with van der Waals surface area (Å²) < 4.78 is 6.22. The van der Waals surface area contributed by atoms with Crippen LogP contribution in [0, 0.1) is 18.8 Å². The summed E-state index contributed by atoms with van der Waals surface area (Å²) in [5, 5.41) is 3.57. The second kappa shape index (κ2) is 6.17. The van der Waals surface area contributed by atoms with Crippen LogP contribution in [0.15, 0.2) is 18.2 Å². The van der Waals surface area contributed by atoms with E-state index < -0.39 is 0 Å². The van der Waals surface area contributed by atoms with E-state index >= 15 is 0 Å². The molecule has 0 aliphatic carbocycles. The van der Waals surface area contributed by atoms with Crippen LogP contribution in [0.3, 0.4) is 0 Å². The van der Waals surface area contributed by atoms with E-state index in [2.05, 4.69) is 37.4 Å². The van der Waals surface area contributed by atoms with E-state index in [0.29, 0.717) is 5.92 Å². The lowest BCUT2D eigenvalue weighted by Crippen LogP contribution is -2.52. The average Bonchev–Trinajstić information content (AvgIpc) is 2.46. The van der Waals surface area contributed by atoms with Crippen molar-refractivity contribution in [3.05, 3.63) is 29.3 Å². The Kier molecular flexibility index (Phi) is 4.30. The highest BCUT2D eigenvalue weighted by molar-refractivity contribution is 5.39. The van der Waals surface area contributed by atoms with E-state index in [1.807, 2.05) is 0 Å². The van der Waals surface area contributed by atoms with E-state index in [9.17, 15) is 0 Å². The molecule has 3 unspecified atom stereocenters. The van der Waals surface area contributed by atoms with Crippen molar-refractivity contribution in [2.24, 2.45) is 11.8 Å². The molecule has 2 aliphatic heterocycles. The number of rotatable bonds is 4. The van der Waals surface area contributed by atoms with Crippen LogP contribution in [0.4, 0.5) is 0 Å². The molecule has 2 heterocycles. The van der Waals surface area contributed by atoms with Gasteiger partial charge in [0.2, 0.25) is 0 Å². The molecule has 0 bridgehead atoms. The van der Waals surface area contributed by atoms with E-state index in [1.165, 1.54) is 49.7 Å². The first-order valence-electron chi connectivity index (χ1n) is 8.27. The molecule has 2 heteroatoms. The van der Waals surface area contributed by atoms with E-state index in [-0.39, 0.29) is 6.23 Å². The van der Waals surface area contributed by atoms with Crippen molar-refractivity contribution in [3.63, 3.8) is 0 Å². The number of ether oxygens (including phenoxy) is 1. The van der Waals surface area contributed by atoms with Crippen LogP contribution in [0.25, 0.3) is 0 Å². The smallest absolute Gasteiger partial charge is 0.153 e. The van der Waals surface area contributed by atoms with Gasteiger partial charge in [0.1, 0.15) is 5.75 Å². The van der Waals surface area contributed by atoms with Gasteiger partial charge in [-0.15, -0.1) is 0 Å². The van der Waals surface area contributed by atoms with Crippen LogP contribution in [-0.4, -0.2) is 12.8 Å². The molecular formula is C18H27NO. The monoisotopic (exact) mass is 273 g/mol. The van der Waals surface area contributed by atoms with Crippen LogP contribution < -0.4 is 10.1 Å². The quantitative estimate of drug-likeness (QED) is 0.835. The van der Waals surface area contributed by atoms with Gasteiger partial charge in [-0.05, 0) is 50.3 Å². The van der Waals surface area contributed by atoms with Crippen molar-refractivity contribution in [1.82, 2.24) is 5.32 Å². The molecule has 2 nitrogen and oxygen atoms in total. The zero-order valence-corrected chi connectivity index (χ0v) is 12.8. The summed E-state index contributed by atoms with van der Waals surface area (Å²) in [5.74, 6) is 2.59. The summed E-state index contributed by atoms with van der Waals surface area (Å²) in [6, 6.07) is 6.60. The molecule has 0 aromatic heterocycles. The highest BCUT2D eigenvalue weighted by Crippen LogP contribution is 2.38. The third kappa shape index (κ3) is 2.85. The van der Waals surface area contributed by atoms with E-state index in [0.717, 1.165) is 18.2 Å². The largest absolute Gasteiger partial charge is 0.475 e. The SMILES string of the molecule is CCCCCC1CCNC2Oc3ccc(C)cc3CC12. The van der Waals surface area contributed by atoms with Crippen LogP contribution in [0.1, 0.15) is 50.2 Å². The molecule has 20 heavy (non-hydrogen) atoms. The maximum atomic E-state index is 6.22. The van der Waals surface area contributed by atoms with Crippen molar-refractivity contribution in [2.75, 3.05) is 6.54 Å². The first-order valence-corrected chi connectivity index (χ1v) is 8.27. The fourth-order valence-corrected chi connectivity index (χ4v) is 3.81. The molecule has 1 saturated heterocycles. The summed E-state index contributed by atoms with van der Waals surface area (Å²) in [6.45, 7) is 5.57. The normalized spacial score (nSPS) is 28.4. The lowest BCUT2D eigenvalue weighted by atomic mass is 9.76. The van der Waals surface area contributed by atoms with Crippen molar-refractivity contribution >= 4 is 0 Å². The molecule has 1 aromatic carbocycles. The van der Waals surface area contributed by atoms with Crippen molar-refractivity contribution < 1.29 is 4.74 Å². The number of piperidine rings is 1. The fraction of sp³-hybridized carbons (Fsp3) is 0.667. The van der Waals surface area contributed by atoms with Gasteiger partial charge in [0.25, 0.3) is 0 Å². The molecule has 1 N–H and O–H groups in total. The van der Waals surface area contributed by atoms with E-state index in [4.69, 9.17) is 4.74 Å². The molecule has 1 fully saturated rings. The van der Waals surface area contributed by atoms with Gasteiger partial charge in [0.05, 0.1) is 0 Å². The van der Waals surface area contributed by atoms with Crippen molar-refractivity contribution in [2.45, 2.75) is 58.6 Å². The van der Waals surface area contributed by atoms with Gasteiger partial charge in [-0.2, -0.15) is 0 Å². The van der Waals surface area contributed by atoms with Crippen LogP contribution >= 0.6 is 0 Å². The molecule has 3 rings (SSSR count). The predicted molar refractivity (Wildman–Crippen MR) is 83.0 cm³/mol. The molecule has 1 aromatic rings. The molecule has 0 spiro atoms. The number of hydrogen-bond acceptors (Lipinski definition) is 2. The van der Waals surface area contributed by atoms with Crippen molar-refractivity contribution in [3.8, 4) is 5.75 Å². The number of hydrogen-bond donors (Lipinski definition) is 1. The summed E-state index contributed by atoms with van der Waals surface area (Å²) in [7, 11) is 0. The zero-order valence-electron chi connectivity index (χ0n) is 12.8. The van der Waals surface area contributed by atoms with Gasteiger partial charge in [-0.1, -0.05) is 43.9 Å². The third-order valence-electron chi connectivity index (χ3n) is 4.96. The Balaban J connectivity index is 1.73. The molecule has 0 amide bonds. The minimum atomic E-state index is 0.241. The van der Waals surface area contributed by atoms with Gasteiger partial charge < -0.3 is 4.74 Å². The minimum absolute atomic E-state index is 0.241. The lowest BCUT2D eigenvalue weighted by molar-refractivity contribution is 0.0165. The Morgan fingerprint density at radius 2 is 2.20 bits per heavy atom. The Bertz CT molecular complexity index is 457. The summed E-state index contributed by atoms with van der Waals surface area (Å²) in [6.07, 6.45) is 8.19. The number of benzene rings is 1. The third-order valence-corrected chi connectivity index (χ3v) is 4.96. The van der Waals surface area contributed by atoms with Gasteiger partial charge >= 0.3 is 0 Å². The molecule has 2 aliphatic rings. The Labute approximate surface area is 122 Å². The van der Waals surface area contributed by atoms with Crippen LogP contribution in [-0.2, 0) is 6.42 Å². The van der Waals surface area contributed by atoms with Gasteiger partial charge in [0, 0.05) is 5.92 Å². The summed E-state index contributed by atoms with van der Waals surface area (Å²) >= 11 is 0. The number of nitrogens with one attached hydrogen (secondary N) is 1. The summed E-state index contributed by atoms with van der Waals surface area (Å²) in [5.41, 5.74) is 2.76. The van der Waals surface area contributed by atoms with Gasteiger partial charge in [0.15, 0.2) is 6.23 Å². The Morgan fingerprint density at radius 3 is 3.05 bits per heavy atom.